The summed E-state index contributed by atoms with van der Waals surface area (Å²) < 4.78 is 5.26. The third-order valence-corrected chi connectivity index (χ3v) is 3.24. The van der Waals surface area contributed by atoms with Crippen molar-refractivity contribution in [1.29, 1.82) is 0 Å². The average molecular weight is 250 g/mol. The molecule has 0 bridgehead atoms. The van der Waals surface area contributed by atoms with E-state index in [0.717, 1.165) is 18.8 Å². The first-order chi connectivity index (χ1) is 8.58. The lowest BCUT2D eigenvalue weighted by molar-refractivity contribution is 0.407. The van der Waals surface area contributed by atoms with Crippen LogP contribution in [0.4, 0.5) is 5.69 Å². The molecule has 0 saturated heterocycles. The van der Waals surface area contributed by atoms with E-state index in [1.165, 1.54) is 5.69 Å². The summed E-state index contributed by atoms with van der Waals surface area (Å²) in [5, 5.41) is 3.54. The minimum atomic E-state index is 0.506. The number of methoxy groups -OCH3 is 1. The van der Waals surface area contributed by atoms with Crippen LogP contribution in [-0.2, 0) is 0 Å². The summed E-state index contributed by atoms with van der Waals surface area (Å²) in [6, 6.07) is 8.70. The van der Waals surface area contributed by atoms with E-state index in [1.54, 1.807) is 7.11 Å². The van der Waals surface area contributed by atoms with Gasteiger partial charge in [0.2, 0.25) is 0 Å². The Kier molecular flexibility index (Phi) is 5.99. The van der Waals surface area contributed by atoms with Crippen molar-refractivity contribution in [1.82, 2.24) is 5.32 Å². The first-order valence-corrected chi connectivity index (χ1v) is 6.67. The van der Waals surface area contributed by atoms with E-state index < -0.39 is 0 Å². The third kappa shape index (κ3) is 4.22. The van der Waals surface area contributed by atoms with Crippen molar-refractivity contribution in [3.05, 3.63) is 24.3 Å². The van der Waals surface area contributed by atoms with E-state index in [-0.39, 0.29) is 0 Å². The Balaban J connectivity index is 2.70. The normalized spacial score (nSPS) is 12.6. The molecule has 1 rings (SSSR count). The molecule has 18 heavy (non-hydrogen) atoms. The van der Waals surface area contributed by atoms with Crippen molar-refractivity contribution in [2.45, 2.75) is 26.8 Å². The van der Waals surface area contributed by atoms with Crippen LogP contribution in [0.3, 0.4) is 0 Å². The molecular weight excluding hydrogens is 224 g/mol. The van der Waals surface area contributed by atoms with Crippen molar-refractivity contribution in [3.8, 4) is 5.75 Å². The van der Waals surface area contributed by atoms with Crippen molar-refractivity contribution in [2.24, 2.45) is 5.92 Å². The fourth-order valence-electron chi connectivity index (χ4n) is 2.02. The lowest BCUT2D eigenvalue weighted by Gasteiger charge is -2.29. The summed E-state index contributed by atoms with van der Waals surface area (Å²) in [6.45, 7) is 8.67. The molecule has 0 spiro atoms. The number of hydrogen-bond donors (Lipinski definition) is 1. The molecule has 3 nitrogen and oxygen atoms in total. The van der Waals surface area contributed by atoms with Gasteiger partial charge in [-0.05, 0) is 24.6 Å². The largest absolute Gasteiger partial charge is 0.497 e. The third-order valence-electron chi connectivity index (χ3n) is 3.24. The van der Waals surface area contributed by atoms with E-state index in [0.29, 0.717) is 12.0 Å². The zero-order valence-corrected chi connectivity index (χ0v) is 12.2. The van der Waals surface area contributed by atoms with E-state index in [2.05, 4.69) is 50.2 Å². The summed E-state index contributed by atoms with van der Waals surface area (Å²) in [6.07, 6.45) is 0. The summed E-state index contributed by atoms with van der Waals surface area (Å²) in [7, 11) is 3.83. The summed E-state index contributed by atoms with van der Waals surface area (Å²) in [5.74, 6) is 1.53. The van der Waals surface area contributed by atoms with Crippen molar-refractivity contribution in [3.63, 3.8) is 0 Å². The van der Waals surface area contributed by atoms with Crippen LogP contribution in [0.2, 0.25) is 0 Å². The van der Waals surface area contributed by atoms with Gasteiger partial charge in [0.1, 0.15) is 5.75 Å². The Morgan fingerprint density at radius 1 is 1.33 bits per heavy atom. The molecule has 1 unspecified atom stereocenters. The molecule has 1 N–H and O–H groups in total. The maximum Gasteiger partial charge on any atom is 0.120 e. The molecule has 0 aromatic heterocycles. The van der Waals surface area contributed by atoms with Gasteiger partial charge in [0.15, 0.2) is 0 Å². The van der Waals surface area contributed by atoms with Crippen LogP contribution in [-0.4, -0.2) is 33.3 Å². The number of ether oxygens (including phenoxy) is 1. The van der Waals surface area contributed by atoms with Gasteiger partial charge in [-0.3, -0.25) is 0 Å². The van der Waals surface area contributed by atoms with Crippen LogP contribution >= 0.6 is 0 Å². The molecule has 3 heteroatoms. The number of nitrogens with zero attached hydrogens (tertiary/aromatic N) is 1. The lowest BCUT2D eigenvalue weighted by atomic mass is 10.0. The molecule has 0 radical (unpaired) electrons. The van der Waals surface area contributed by atoms with Crippen LogP contribution in [0.25, 0.3) is 0 Å². The number of nitrogens with one attached hydrogen (secondary N) is 1. The summed E-state index contributed by atoms with van der Waals surface area (Å²) in [5.41, 5.74) is 1.19. The fraction of sp³-hybridized carbons (Fsp3) is 0.600. The first-order valence-electron chi connectivity index (χ1n) is 6.67. The van der Waals surface area contributed by atoms with Crippen LogP contribution in [0.1, 0.15) is 20.8 Å². The maximum atomic E-state index is 5.26. The summed E-state index contributed by atoms with van der Waals surface area (Å²) >= 11 is 0. The molecule has 0 saturated carbocycles. The van der Waals surface area contributed by atoms with Crippen LogP contribution < -0.4 is 15.0 Å². The highest BCUT2D eigenvalue weighted by Crippen LogP contribution is 2.20. The van der Waals surface area contributed by atoms with Gasteiger partial charge >= 0.3 is 0 Å². The molecule has 0 fully saturated rings. The molecule has 0 aliphatic heterocycles. The zero-order chi connectivity index (χ0) is 13.5. The molecule has 1 aromatic rings. The average Bonchev–Trinajstić information content (AvgIpc) is 2.38. The Bertz CT molecular complexity index is 352. The molecule has 0 amide bonds. The minimum absolute atomic E-state index is 0.506. The Morgan fingerprint density at radius 2 is 2.06 bits per heavy atom. The highest BCUT2D eigenvalue weighted by molar-refractivity contribution is 5.50. The highest BCUT2D eigenvalue weighted by atomic mass is 16.5. The highest BCUT2D eigenvalue weighted by Gasteiger charge is 2.14. The maximum absolute atomic E-state index is 5.26. The molecule has 1 aromatic carbocycles. The molecule has 0 aliphatic carbocycles. The van der Waals surface area contributed by atoms with Gasteiger partial charge < -0.3 is 15.0 Å². The molecule has 1 atom stereocenters. The molecule has 0 aliphatic rings. The SMILES string of the molecule is CCNC(CN(C)c1cccc(OC)c1)C(C)C. The summed E-state index contributed by atoms with van der Waals surface area (Å²) in [4.78, 5) is 2.27. The second kappa shape index (κ2) is 7.27. The number of benzene rings is 1. The van der Waals surface area contributed by atoms with Crippen LogP contribution in [0.15, 0.2) is 24.3 Å². The Labute approximate surface area is 111 Å². The molecule has 102 valence electrons. The van der Waals surface area contributed by atoms with Crippen LogP contribution in [0.5, 0.6) is 5.75 Å². The number of anilines is 1. The van der Waals surface area contributed by atoms with Gasteiger partial charge in [-0.15, -0.1) is 0 Å². The number of hydrogen-bond acceptors (Lipinski definition) is 3. The van der Waals surface area contributed by atoms with Gasteiger partial charge in [-0.1, -0.05) is 26.8 Å². The van der Waals surface area contributed by atoms with Crippen LogP contribution in [0, 0.1) is 5.92 Å². The molecule has 0 heterocycles. The number of likely N-dealkylation sites (N-methyl/N-ethyl adjacent to an activating group) is 2. The quantitative estimate of drug-likeness (QED) is 0.805. The Morgan fingerprint density at radius 3 is 2.61 bits per heavy atom. The topological polar surface area (TPSA) is 24.5 Å². The molecular formula is C15H26N2O. The number of rotatable bonds is 7. The van der Waals surface area contributed by atoms with E-state index in [4.69, 9.17) is 4.74 Å². The van der Waals surface area contributed by atoms with Crippen molar-refractivity contribution >= 4 is 5.69 Å². The monoisotopic (exact) mass is 250 g/mol. The van der Waals surface area contributed by atoms with Gasteiger partial charge in [0.25, 0.3) is 0 Å². The minimum Gasteiger partial charge on any atom is -0.497 e. The standard InChI is InChI=1S/C15H26N2O/c1-6-16-15(12(2)3)11-17(4)13-8-7-9-14(10-13)18-5/h7-10,12,15-16H,6,11H2,1-5H3. The van der Waals surface area contributed by atoms with Crippen molar-refractivity contribution < 1.29 is 4.74 Å². The predicted molar refractivity (Wildman–Crippen MR) is 78.6 cm³/mol. The fourth-order valence-corrected chi connectivity index (χ4v) is 2.02. The zero-order valence-electron chi connectivity index (χ0n) is 12.2. The smallest absolute Gasteiger partial charge is 0.120 e. The van der Waals surface area contributed by atoms with E-state index >= 15 is 0 Å². The second-order valence-corrected chi connectivity index (χ2v) is 4.99. The van der Waals surface area contributed by atoms with Gasteiger partial charge in [0, 0.05) is 31.4 Å². The Hall–Kier alpha value is -1.22. The predicted octanol–water partition coefficient (Wildman–Crippen LogP) is 2.77. The van der Waals surface area contributed by atoms with Gasteiger partial charge in [-0.2, -0.15) is 0 Å². The van der Waals surface area contributed by atoms with Gasteiger partial charge in [-0.25, -0.2) is 0 Å². The first kappa shape index (κ1) is 14.8. The van der Waals surface area contributed by atoms with E-state index in [1.807, 2.05) is 12.1 Å². The second-order valence-electron chi connectivity index (χ2n) is 4.99. The van der Waals surface area contributed by atoms with Gasteiger partial charge in [0.05, 0.1) is 7.11 Å². The lowest BCUT2D eigenvalue weighted by Crippen LogP contribution is -2.43. The van der Waals surface area contributed by atoms with Crippen molar-refractivity contribution in [2.75, 3.05) is 32.1 Å². The van der Waals surface area contributed by atoms with E-state index in [9.17, 15) is 0 Å².